The van der Waals surface area contributed by atoms with E-state index < -0.39 is 0 Å². The number of thiazole rings is 1. The van der Waals surface area contributed by atoms with E-state index in [0.29, 0.717) is 16.5 Å². The third-order valence-corrected chi connectivity index (χ3v) is 5.27. The Bertz CT molecular complexity index is 1160. The summed E-state index contributed by atoms with van der Waals surface area (Å²) < 4.78 is 12.1. The van der Waals surface area contributed by atoms with Crippen molar-refractivity contribution in [2.24, 2.45) is 0 Å². The molecule has 2 aromatic carbocycles. The summed E-state index contributed by atoms with van der Waals surface area (Å²) in [4.78, 5) is 17.2. The van der Waals surface area contributed by atoms with Crippen LogP contribution >= 0.6 is 11.3 Å². The molecule has 2 aromatic heterocycles. The Morgan fingerprint density at radius 1 is 1.14 bits per heavy atom. The highest BCUT2D eigenvalue weighted by molar-refractivity contribution is 7.22. The van der Waals surface area contributed by atoms with Crippen LogP contribution in [-0.4, -0.2) is 16.0 Å². The van der Waals surface area contributed by atoms with Crippen LogP contribution in [0.15, 0.2) is 47.0 Å². The number of aryl methyl sites for hydroxylation is 3. The van der Waals surface area contributed by atoms with Crippen molar-refractivity contribution in [3.05, 3.63) is 70.6 Å². The first-order valence-corrected chi connectivity index (χ1v) is 9.64. The first-order chi connectivity index (χ1) is 13.5. The van der Waals surface area contributed by atoms with Gasteiger partial charge in [0.15, 0.2) is 10.8 Å². The molecule has 7 heteroatoms. The van der Waals surface area contributed by atoms with Crippen LogP contribution in [0.1, 0.15) is 32.9 Å². The average molecular weight is 393 g/mol. The first kappa shape index (κ1) is 18.2. The van der Waals surface area contributed by atoms with E-state index in [0.717, 1.165) is 27.1 Å². The van der Waals surface area contributed by atoms with Crippen molar-refractivity contribution >= 4 is 32.6 Å². The predicted octanol–water partition coefficient (Wildman–Crippen LogP) is 5.04. The summed E-state index contributed by atoms with van der Waals surface area (Å²) in [5.41, 5.74) is 3.93. The summed E-state index contributed by atoms with van der Waals surface area (Å²) in [5, 5.41) is 7.26. The average Bonchev–Trinajstić information content (AvgIpc) is 3.22. The minimum Gasteiger partial charge on any atom is -0.489 e. The zero-order valence-corrected chi connectivity index (χ0v) is 16.6. The van der Waals surface area contributed by atoms with Crippen LogP contribution in [-0.2, 0) is 6.61 Å². The second-order valence-electron chi connectivity index (χ2n) is 6.62. The summed E-state index contributed by atoms with van der Waals surface area (Å²) in [5.74, 6) is 0.918. The fourth-order valence-electron chi connectivity index (χ4n) is 2.84. The molecule has 28 heavy (non-hydrogen) atoms. The van der Waals surface area contributed by atoms with Crippen molar-refractivity contribution in [2.75, 3.05) is 5.32 Å². The first-order valence-electron chi connectivity index (χ1n) is 8.83. The van der Waals surface area contributed by atoms with Crippen LogP contribution in [0.5, 0.6) is 5.75 Å². The van der Waals surface area contributed by atoms with Gasteiger partial charge < -0.3 is 9.26 Å². The fraction of sp³-hybridized carbons (Fsp3) is 0.190. The van der Waals surface area contributed by atoms with E-state index >= 15 is 0 Å². The summed E-state index contributed by atoms with van der Waals surface area (Å²) in [6.07, 6.45) is 0. The van der Waals surface area contributed by atoms with Crippen molar-refractivity contribution in [1.82, 2.24) is 10.1 Å². The molecule has 4 aromatic rings. The van der Waals surface area contributed by atoms with Gasteiger partial charge >= 0.3 is 0 Å². The van der Waals surface area contributed by atoms with Crippen LogP contribution in [0.4, 0.5) is 5.13 Å². The molecule has 4 rings (SSSR count). The molecule has 0 atom stereocenters. The van der Waals surface area contributed by atoms with Gasteiger partial charge in [-0.3, -0.25) is 10.1 Å². The van der Waals surface area contributed by atoms with Crippen molar-refractivity contribution < 1.29 is 14.1 Å². The molecule has 0 unspecified atom stereocenters. The minimum atomic E-state index is -0.365. The molecule has 0 radical (unpaired) electrons. The normalized spacial score (nSPS) is 11.0. The van der Waals surface area contributed by atoms with E-state index in [-0.39, 0.29) is 18.2 Å². The smallest absolute Gasteiger partial charge is 0.280 e. The monoisotopic (exact) mass is 393 g/mol. The number of hydrogen-bond donors (Lipinski definition) is 1. The second-order valence-corrected chi connectivity index (χ2v) is 7.65. The van der Waals surface area contributed by atoms with Gasteiger partial charge in [-0.15, -0.1) is 0 Å². The molecule has 0 saturated heterocycles. The number of nitrogens with zero attached hydrogens (tertiary/aromatic N) is 2. The van der Waals surface area contributed by atoms with Crippen LogP contribution in [0.2, 0.25) is 0 Å². The molecule has 0 fully saturated rings. The Balaban J connectivity index is 1.52. The van der Waals surface area contributed by atoms with Gasteiger partial charge in [0.2, 0.25) is 0 Å². The van der Waals surface area contributed by atoms with Gasteiger partial charge in [-0.25, -0.2) is 4.98 Å². The molecule has 0 bridgehead atoms. The molecule has 1 amide bonds. The zero-order chi connectivity index (χ0) is 19.7. The molecular weight excluding hydrogens is 374 g/mol. The van der Waals surface area contributed by atoms with E-state index in [1.54, 1.807) is 6.92 Å². The highest BCUT2D eigenvalue weighted by Gasteiger charge is 2.21. The molecule has 2 heterocycles. The number of hydrogen-bond acceptors (Lipinski definition) is 6. The number of anilines is 1. The summed E-state index contributed by atoms with van der Waals surface area (Å²) >= 11 is 1.43. The Kier molecular flexibility index (Phi) is 4.83. The van der Waals surface area contributed by atoms with Gasteiger partial charge in [0.25, 0.3) is 5.91 Å². The van der Waals surface area contributed by atoms with Gasteiger partial charge in [0.05, 0.1) is 15.8 Å². The number of amides is 1. The molecule has 0 aliphatic heterocycles. The number of nitrogens with one attached hydrogen (secondary N) is 1. The maximum absolute atomic E-state index is 12.7. The third-order valence-electron chi connectivity index (χ3n) is 4.34. The zero-order valence-electron chi connectivity index (χ0n) is 15.8. The van der Waals surface area contributed by atoms with Crippen molar-refractivity contribution in [2.45, 2.75) is 27.4 Å². The summed E-state index contributed by atoms with van der Waals surface area (Å²) in [6.45, 7) is 5.98. The fourth-order valence-corrected chi connectivity index (χ4v) is 3.80. The van der Waals surface area contributed by atoms with Gasteiger partial charge in [-0.05, 0) is 56.2 Å². The lowest BCUT2D eigenvalue weighted by molar-refractivity contribution is 0.101. The van der Waals surface area contributed by atoms with E-state index in [1.165, 1.54) is 11.3 Å². The van der Waals surface area contributed by atoms with Crippen LogP contribution < -0.4 is 10.1 Å². The number of carbonyl (C=O) groups excluding carboxylic acids is 1. The Morgan fingerprint density at radius 3 is 2.79 bits per heavy atom. The molecule has 0 aliphatic carbocycles. The minimum absolute atomic E-state index is 0.195. The summed E-state index contributed by atoms with van der Waals surface area (Å²) in [7, 11) is 0. The number of carbonyl (C=O) groups is 1. The second kappa shape index (κ2) is 7.44. The van der Waals surface area contributed by atoms with Gasteiger partial charge in [0.1, 0.15) is 18.1 Å². The Hall–Kier alpha value is -3.19. The van der Waals surface area contributed by atoms with E-state index in [2.05, 4.69) is 15.5 Å². The van der Waals surface area contributed by atoms with Crippen molar-refractivity contribution in [3.63, 3.8) is 0 Å². The van der Waals surface area contributed by atoms with Crippen molar-refractivity contribution in [1.29, 1.82) is 0 Å². The SMILES string of the molecule is Cc1cccc(OCc2c(C(=O)Nc3nc4ccc(C)cc4s3)noc2C)c1. The van der Waals surface area contributed by atoms with Gasteiger partial charge in [-0.2, -0.15) is 0 Å². The van der Waals surface area contributed by atoms with Crippen LogP contribution in [0, 0.1) is 20.8 Å². The molecule has 0 aliphatic rings. The largest absolute Gasteiger partial charge is 0.489 e. The highest BCUT2D eigenvalue weighted by atomic mass is 32.1. The maximum Gasteiger partial charge on any atom is 0.280 e. The number of benzene rings is 2. The highest BCUT2D eigenvalue weighted by Crippen LogP contribution is 2.27. The lowest BCUT2D eigenvalue weighted by Gasteiger charge is -2.07. The lowest BCUT2D eigenvalue weighted by atomic mass is 10.2. The standard InChI is InChI=1S/C21H19N3O3S/c1-12-5-4-6-15(9-12)26-11-16-14(3)27-24-19(16)20(25)23-21-22-17-8-7-13(2)10-18(17)28-21/h4-10H,11H2,1-3H3,(H,22,23,25). The molecule has 1 N–H and O–H groups in total. The molecule has 6 nitrogen and oxygen atoms in total. The lowest BCUT2D eigenvalue weighted by Crippen LogP contribution is -2.15. The van der Waals surface area contributed by atoms with Crippen LogP contribution in [0.3, 0.4) is 0 Å². The maximum atomic E-state index is 12.7. The number of rotatable bonds is 5. The topological polar surface area (TPSA) is 77.2 Å². The number of ether oxygens (including phenoxy) is 1. The van der Waals surface area contributed by atoms with E-state index in [4.69, 9.17) is 9.26 Å². The molecular formula is C21H19N3O3S. The Morgan fingerprint density at radius 2 is 1.96 bits per heavy atom. The summed E-state index contributed by atoms with van der Waals surface area (Å²) in [6, 6.07) is 13.7. The molecule has 142 valence electrons. The van der Waals surface area contributed by atoms with E-state index in [1.807, 2.05) is 56.3 Å². The molecule has 0 saturated carbocycles. The van der Waals surface area contributed by atoms with Gasteiger partial charge in [0, 0.05) is 0 Å². The van der Waals surface area contributed by atoms with Crippen molar-refractivity contribution in [3.8, 4) is 5.75 Å². The molecule has 0 spiro atoms. The predicted molar refractivity (Wildman–Crippen MR) is 109 cm³/mol. The van der Waals surface area contributed by atoms with E-state index in [9.17, 15) is 4.79 Å². The van der Waals surface area contributed by atoms with Crippen LogP contribution in [0.25, 0.3) is 10.2 Å². The quantitative estimate of drug-likeness (QED) is 0.514. The Labute approximate surface area is 166 Å². The number of fused-ring (bicyclic) bond motifs is 1. The van der Waals surface area contributed by atoms with Gasteiger partial charge in [-0.1, -0.05) is 34.7 Å². The number of aromatic nitrogens is 2. The third kappa shape index (κ3) is 3.75.